The van der Waals surface area contributed by atoms with Crippen molar-refractivity contribution in [1.82, 2.24) is 0 Å². The third kappa shape index (κ3) is 0.896. The summed E-state index contributed by atoms with van der Waals surface area (Å²) in [6.45, 7) is 6.92. The zero-order valence-electron chi connectivity index (χ0n) is 12.7. The molecule has 2 heterocycles. The van der Waals surface area contributed by atoms with Crippen LogP contribution >= 0.6 is 0 Å². The van der Waals surface area contributed by atoms with Gasteiger partial charge in [0.1, 0.15) is 11.4 Å². The monoisotopic (exact) mass is 272 g/mol. The van der Waals surface area contributed by atoms with Crippen molar-refractivity contribution in [3.63, 3.8) is 0 Å². The first-order valence-electron chi connectivity index (χ1n) is 8.39. The molecular formula is C18H24O2. The summed E-state index contributed by atoms with van der Waals surface area (Å²) in [6, 6.07) is 0. The lowest BCUT2D eigenvalue weighted by molar-refractivity contribution is -0.155. The predicted octanol–water partition coefficient (Wildman–Crippen LogP) is 3.57. The Morgan fingerprint density at radius 1 is 1.05 bits per heavy atom. The first kappa shape index (κ1) is 11.9. The van der Waals surface area contributed by atoms with Crippen LogP contribution in [0.15, 0.2) is 22.5 Å². The Hall–Kier alpha value is -0.760. The molecule has 5 rings (SSSR count). The molecule has 6 atom stereocenters. The summed E-state index contributed by atoms with van der Waals surface area (Å²) in [7, 11) is 0. The van der Waals surface area contributed by atoms with Gasteiger partial charge < -0.3 is 9.84 Å². The molecule has 108 valence electrons. The molecule has 2 spiro atoms. The summed E-state index contributed by atoms with van der Waals surface area (Å²) in [5.41, 5.74) is 4.42. The molecule has 1 N–H and O–H groups in total. The van der Waals surface area contributed by atoms with Gasteiger partial charge in [0.15, 0.2) is 0 Å². The van der Waals surface area contributed by atoms with Crippen LogP contribution in [0.1, 0.15) is 52.9 Å². The average molecular weight is 272 g/mol. The quantitative estimate of drug-likeness (QED) is 0.730. The van der Waals surface area contributed by atoms with Gasteiger partial charge in [-0.05, 0) is 60.7 Å². The fourth-order valence-corrected chi connectivity index (χ4v) is 6.17. The maximum absolute atomic E-state index is 11.0. The number of hydrogen-bond donors (Lipinski definition) is 1. The van der Waals surface area contributed by atoms with Crippen LogP contribution in [0.2, 0.25) is 0 Å². The Kier molecular flexibility index (Phi) is 1.89. The van der Waals surface area contributed by atoms with Gasteiger partial charge in [0.25, 0.3) is 0 Å². The largest absolute Gasteiger partial charge is 0.481 e. The smallest absolute Gasteiger partial charge is 0.146 e. The minimum Gasteiger partial charge on any atom is -0.481 e. The molecule has 0 amide bonds. The highest BCUT2D eigenvalue weighted by Gasteiger charge is 2.82. The van der Waals surface area contributed by atoms with Gasteiger partial charge in [0.2, 0.25) is 0 Å². The number of hydrogen-bond acceptors (Lipinski definition) is 2. The van der Waals surface area contributed by atoms with Crippen molar-refractivity contribution >= 4 is 0 Å². The lowest BCUT2D eigenvalue weighted by Crippen LogP contribution is -2.60. The second-order valence-electron chi connectivity index (χ2n) is 7.91. The molecule has 20 heavy (non-hydrogen) atoms. The van der Waals surface area contributed by atoms with Crippen molar-refractivity contribution in [2.45, 2.75) is 64.6 Å². The van der Waals surface area contributed by atoms with Gasteiger partial charge in [-0.1, -0.05) is 20.8 Å². The topological polar surface area (TPSA) is 29.5 Å². The van der Waals surface area contributed by atoms with Crippen molar-refractivity contribution in [3.8, 4) is 0 Å². The molecule has 2 heteroatoms. The van der Waals surface area contributed by atoms with E-state index in [4.69, 9.17) is 4.74 Å². The minimum atomic E-state index is -0.211. The fourth-order valence-electron chi connectivity index (χ4n) is 6.17. The molecule has 0 aromatic heterocycles. The third-order valence-corrected chi connectivity index (χ3v) is 7.52. The fraction of sp³-hybridized carbons (Fsp3) is 0.778. The van der Waals surface area contributed by atoms with Crippen LogP contribution in [-0.2, 0) is 4.74 Å². The summed E-state index contributed by atoms with van der Waals surface area (Å²) in [5.74, 6) is 2.64. The highest BCUT2D eigenvalue weighted by molar-refractivity contribution is 5.65. The summed E-state index contributed by atoms with van der Waals surface area (Å²) >= 11 is 0. The van der Waals surface area contributed by atoms with Gasteiger partial charge in [-0.3, -0.25) is 0 Å². The van der Waals surface area contributed by atoms with E-state index in [-0.39, 0.29) is 17.1 Å². The Morgan fingerprint density at radius 3 is 2.60 bits per heavy atom. The summed E-state index contributed by atoms with van der Waals surface area (Å²) in [5, 5.41) is 11.0. The van der Waals surface area contributed by atoms with Gasteiger partial charge in [-0.15, -0.1) is 0 Å². The molecule has 2 bridgehead atoms. The Balaban J connectivity index is 1.76. The Bertz CT molecular complexity index is 586. The van der Waals surface area contributed by atoms with E-state index in [2.05, 4.69) is 20.8 Å². The van der Waals surface area contributed by atoms with Crippen LogP contribution in [0.25, 0.3) is 0 Å². The van der Waals surface area contributed by atoms with Gasteiger partial charge in [0, 0.05) is 5.92 Å². The standard InChI is InChI=1S/C18H24O2/c1-9-10(2)16(19)17-8-14(17)15-12-6-4-5-7-13(12)18(17,20-15)11(9)3/h9-11,16,19H,4-8H2,1-3H3. The van der Waals surface area contributed by atoms with Crippen LogP contribution < -0.4 is 0 Å². The van der Waals surface area contributed by atoms with Crippen molar-refractivity contribution in [2.24, 2.45) is 23.2 Å². The molecule has 3 aliphatic carbocycles. The van der Waals surface area contributed by atoms with Crippen LogP contribution in [0.5, 0.6) is 0 Å². The molecule has 0 aromatic rings. The second kappa shape index (κ2) is 3.19. The lowest BCUT2D eigenvalue weighted by atomic mass is 9.53. The zero-order chi connectivity index (χ0) is 13.9. The lowest BCUT2D eigenvalue weighted by Gasteiger charge is -2.54. The molecular weight excluding hydrogens is 248 g/mol. The van der Waals surface area contributed by atoms with E-state index in [1.54, 1.807) is 11.1 Å². The van der Waals surface area contributed by atoms with Gasteiger partial charge >= 0.3 is 0 Å². The molecule has 2 aliphatic heterocycles. The average Bonchev–Trinajstić information content (AvgIpc) is 3.06. The van der Waals surface area contributed by atoms with Crippen molar-refractivity contribution < 1.29 is 9.84 Å². The van der Waals surface area contributed by atoms with Gasteiger partial charge in [-0.2, -0.15) is 0 Å². The number of aliphatic hydroxyl groups excluding tert-OH is 1. The minimum absolute atomic E-state index is 0.0240. The molecule has 6 unspecified atom stereocenters. The second-order valence-corrected chi connectivity index (χ2v) is 7.91. The summed E-state index contributed by atoms with van der Waals surface area (Å²) in [4.78, 5) is 0. The van der Waals surface area contributed by atoms with E-state index in [0.29, 0.717) is 17.8 Å². The number of aliphatic hydroxyl groups is 1. The molecule has 2 saturated carbocycles. The van der Waals surface area contributed by atoms with Crippen molar-refractivity contribution in [1.29, 1.82) is 0 Å². The van der Waals surface area contributed by atoms with E-state index in [1.807, 2.05) is 0 Å². The molecule has 0 saturated heterocycles. The first-order chi connectivity index (χ1) is 9.55. The van der Waals surface area contributed by atoms with Crippen LogP contribution in [0.4, 0.5) is 0 Å². The van der Waals surface area contributed by atoms with Gasteiger partial charge in [-0.25, -0.2) is 0 Å². The van der Waals surface area contributed by atoms with Crippen LogP contribution in [0, 0.1) is 23.2 Å². The number of allylic oxidation sites excluding steroid dienone is 1. The Labute approximate surface area is 120 Å². The number of fused-ring (bicyclic) bond motifs is 2. The van der Waals surface area contributed by atoms with E-state index < -0.39 is 0 Å². The van der Waals surface area contributed by atoms with E-state index in [1.165, 1.54) is 37.0 Å². The van der Waals surface area contributed by atoms with E-state index >= 15 is 0 Å². The summed E-state index contributed by atoms with van der Waals surface area (Å²) in [6.07, 6.45) is 5.90. The molecule has 5 aliphatic rings. The SMILES string of the molecule is CC1C(C)C(C)C23OC(=C4CC42C1O)C1=C3CCCC1. The maximum atomic E-state index is 11.0. The molecule has 2 nitrogen and oxygen atoms in total. The van der Waals surface area contributed by atoms with Crippen LogP contribution in [0.3, 0.4) is 0 Å². The Morgan fingerprint density at radius 2 is 1.80 bits per heavy atom. The van der Waals surface area contributed by atoms with E-state index in [9.17, 15) is 5.11 Å². The van der Waals surface area contributed by atoms with Crippen LogP contribution in [-0.4, -0.2) is 16.8 Å². The third-order valence-electron chi connectivity index (χ3n) is 7.52. The number of rotatable bonds is 0. The molecule has 0 radical (unpaired) electrons. The predicted molar refractivity (Wildman–Crippen MR) is 76.9 cm³/mol. The molecule has 0 aromatic carbocycles. The summed E-state index contributed by atoms with van der Waals surface area (Å²) < 4.78 is 6.61. The number of ether oxygens (including phenoxy) is 1. The van der Waals surface area contributed by atoms with Crippen molar-refractivity contribution in [2.75, 3.05) is 0 Å². The zero-order valence-corrected chi connectivity index (χ0v) is 12.7. The maximum Gasteiger partial charge on any atom is 0.146 e. The van der Waals surface area contributed by atoms with E-state index in [0.717, 1.165) is 6.42 Å². The highest BCUT2D eigenvalue weighted by atomic mass is 16.5. The normalized spacial score (nSPS) is 55.4. The highest BCUT2D eigenvalue weighted by Crippen LogP contribution is 2.81. The molecule has 2 fully saturated rings. The van der Waals surface area contributed by atoms with Crippen molar-refractivity contribution in [3.05, 3.63) is 22.5 Å². The first-order valence-corrected chi connectivity index (χ1v) is 8.39. The van der Waals surface area contributed by atoms with Gasteiger partial charge in [0.05, 0.1) is 11.5 Å².